The molecule has 2 aromatic heterocycles. The van der Waals surface area contributed by atoms with Crippen LogP contribution < -0.4 is 0 Å². The average Bonchev–Trinajstić information content (AvgIpc) is 3.24. The van der Waals surface area contributed by atoms with Crippen molar-refractivity contribution >= 4 is 41.3 Å². The van der Waals surface area contributed by atoms with Gasteiger partial charge in [-0.2, -0.15) is 5.10 Å². The van der Waals surface area contributed by atoms with Gasteiger partial charge in [0, 0.05) is 48.9 Å². The number of nitrogens with zero attached hydrogens (tertiary/aromatic N) is 5. The molecule has 1 saturated heterocycles. The number of carbonyl (C=O) groups is 1. The normalized spacial score (nSPS) is 14.5. The first-order chi connectivity index (χ1) is 14.3. The van der Waals surface area contributed by atoms with E-state index in [0.717, 1.165) is 59.8 Å². The van der Waals surface area contributed by atoms with Crippen LogP contribution in [0.15, 0.2) is 24.3 Å². The van der Waals surface area contributed by atoms with Crippen molar-refractivity contribution in [3.63, 3.8) is 0 Å². The molecule has 1 aliphatic rings. The lowest BCUT2D eigenvalue weighted by Crippen LogP contribution is -2.47. The average molecular weight is 480 g/mol. The van der Waals surface area contributed by atoms with Crippen LogP contribution >= 0.6 is 35.3 Å². The number of likely N-dealkylation sites (N-methyl/N-ethyl adjacent to an activating group) is 1. The van der Waals surface area contributed by atoms with E-state index in [1.54, 1.807) is 0 Å². The minimum atomic E-state index is 0. The van der Waals surface area contributed by atoms with Gasteiger partial charge in [0.05, 0.1) is 11.4 Å². The van der Waals surface area contributed by atoms with Crippen molar-refractivity contribution in [3.8, 4) is 5.13 Å². The maximum absolute atomic E-state index is 13.0. The van der Waals surface area contributed by atoms with Crippen LogP contribution in [0.4, 0.5) is 0 Å². The quantitative estimate of drug-likeness (QED) is 0.559. The van der Waals surface area contributed by atoms with E-state index in [0.29, 0.717) is 4.88 Å². The van der Waals surface area contributed by atoms with Gasteiger partial charge in [0.1, 0.15) is 4.88 Å². The summed E-state index contributed by atoms with van der Waals surface area (Å²) in [5, 5.41) is 6.22. The van der Waals surface area contributed by atoms with E-state index in [9.17, 15) is 4.79 Å². The van der Waals surface area contributed by atoms with Gasteiger partial charge in [0.25, 0.3) is 5.91 Å². The summed E-state index contributed by atoms with van der Waals surface area (Å²) in [5.74, 6) is 0.0762. The van der Waals surface area contributed by atoms with Gasteiger partial charge in [-0.25, -0.2) is 9.67 Å². The molecule has 6 nitrogen and oxygen atoms in total. The van der Waals surface area contributed by atoms with Crippen LogP contribution in [0.2, 0.25) is 5.02 Å². The zero-order valence-corrected chi connectivity index (χ0v) is 20.6. The molecule has 0 saturated carbocycles. The van der Waals surface area contributed by atoms with Gasteiger partial charge in [0.2, 0.25) is 5.13 Å². The number of hydrogen-bond acceptors (Lipinski definition) is 5. The van der Waals surface area contributed by atoms with E-state index in [1.807, 2.05) is 47.7 Å². The third kappa shape index (κ3) is 4.95. The highest BCUT2D eigenvalue weighted by atomic mass is 35.5. The van der Waals surface area contributed by atoms with Crippen molar-refractivity contribution in [2.75, 3.05) is 33.2 Å². The van der Waals surface area contributed by atoms with E-state index < -0.39 is 0 Å². The molecule has 166 valence electrons. The molecule has 0 spiro atoms. The van der Waals surface area contributed by atoms with E-state index in [-0.39, 0.29) is 18.3 Å². The standard InChI is InChI=1S/C22H26ClN5OS.ClH/c1-14-19(13-17-5-7-18(23)8-6-17)16(3)28(25-14)22-24-15(2)20(30-22)21(29)27-11-9-26(4)10-12-27;/h5-8H,9-13H2,1-4H3;1H. The summed E-state index contributed by atoms with van der Waals surface area (Å²) >= 11 is 7.44. The first-order valence-electron chi connectivity index (χ1n) is 10.1. The van der Waals surface area contributed by atoms with Gasteiger partial charge >= 0.3 is 0 Å². The maximum Gasteiger partial charge on any atom is 0.266 e. The predicted molar refractivity (Wildman–Crippen MR) is 128 cm³/mol. The number of amides is 1. The molecule has 1 fully saturated rings. The lowest BCUT2D eigenvalue weighted by molar-refractivity contribution is 0.0668. The number of carbonyl (C=O) groups excluding carboxylic acids is 1. The summed E-state index contributed by atoms with van der Waals surface area (Å²) in [6.45, 7) is 9.31. The number of aromatic nitrogens is 3. The Kier molecular flexibility index (Phi) is 7.42. The Bertz CT molecular complexity index is 1070. The molecule has 1 amide bonds. The molecule has 0 unspecified atom stereocenters. The number of benzene rings is 1. The Hall–Kier alpha value is -1.93. The van der Waals surface area contributed by atoms with Crippen LogP contribution in [-0.4, -0.2) is 63.7 Å². The predicted octanol–water partition coefficient (Wildman–Crippen LogP) is 4.31. The van der Waals surface area contributed by atoms with Gasteiger partial charge in [-0.15, -0.1) is 12.4 Å². The Labute approximate surface area is 198 Å². The Morgan fingerprint density at radius 2 is 1.71 bits per heavy atom. The van der Waals surface area contributed by atoms with Crippen molar-refractivity contribution in [1.82, 2.24) is 24.6 Å². The lowest BCUT2D eigenvalue weighted by Gasteiger charge is -2.32. The van der Waals surface area contributed by atoms with Crippen molar-refractivity contribution in [3.05, 3.63) is 62.4 Å². The van der Waals surface area contributed by atoms with Crippen LogP contribution in [-0.2, 0) is 6.42 Å². The topological polar surface area (TPSA) is 54.3 Å². The molecule has 0 bridgehead atoms. The van der Waals surface area contributed by atoms with Crippen molar-refractivity contribution in [2.45, 2.75) is 27.2 Å². The van der Waals surface area contributed by atoms with Gasteiger partial charge in [0.15, 0.2) is 0 Å². The third-order valence-corrected chi connectivity index (χ3v) is 7.06. The number of halogens is 2. The summed E-state index contributed by atoms with van der Waals surface area (Å²) in [5.41, 5.74) is 5.16. The minimum absolute atomic E-state index is 0. The fourth-order valence-corrected chi connectivity index (χ4v) is 4.91. The zero-order chi connectivity index (χ0) is 21.4. The number of rotatable bonds is 4. The molecule has 31 heavy (non-hydrogen) atoms. The Morgan fingerprint density at radius 1 is 1.06 bits per heavy atom. The molecule has 9 heteroatoms. The van der Waals surface area contributed by atoms with Crippen LogP contribution in [0.1, 0.15) is 37.9 Å². The highest BCUT2D eigenvalue weighted by Crippen LogP contribution is 2.27. The first kappa shape index (κ1) is 23.7. The molecule has 1 aromatic carbocycles. The van der Waals surface area contributed by atoms with Crippen LogP contribution in [0.5, 0.6) is 0 Å². The summed E-state index contributed by atoms with van der Waals surface area (Å²) < 4.78 is 1.87. The van der Waals surface area contributed by atoms with Crippen molar-refractivity contribution < 1.29 is 4.79 Å². The summed E-state index contributed by atoms with van der Waals surface area (Å²) in [4.78, 5) is 22.6. The smallest absolute Gasteiger partial charge is 0.266 e. The van der Waals surface area contributed by atoms with E-state index in [4.69, 9.17) is 16.7 Å². The number of thiazole rings is 1. The molecule has 4 rings (SSSR count). The van der Waals surface area contributed by atoms with Crippen molar-refractivity contribution in [2.24, 2.45) is 0 Å². The first-order valence-corrected chi connectivity index (χ1v) is 11.3. The number of aryl methyl sites for hydroxylation is 2. The van der Waals surface area contributed by atoms with E-state index in [2.05, 4.69) is 23.9 Å². The number of hydrogen-bond donors (Lipinski definition) is 0. The Balaban J connectivity index is 0.00000272. The summed E-state index contributed by atoms with van der Waals surface area (Å²) in [6.07, 6.45) is 0.784. The van der Waals surface area contributed by atoms with Gasteiger partial charge in [-0.1, -0.05) is 35.1 Å². The largest absolute Gasteiger partial charge is 0.335 e. The Morgan fingerprint density at radius 3 is 2.35 bits per heavy atom. The second-order valence-electron chi connectivity index (χ2n) is 7.87. The van der Waals surface area contributed by atoms with Gasteiger partial charge in [-0.05, 0) is 45.5 Å². The molecule has 0 radical (unpaired) electrons. The van der Waals surface area contributed by atoms with Crippen LogP contribution in [0.3, 0.4) is 0 Å². The van der Waals surface area contributed by atoms with Crippen LogP contribution in [0.25, 0.3) is 5.13 Å². The van der Waals surface area contributed by atoms with E-state index in [1.165, 1.54) is 22.5 Å². The summed E-state index contributed by atoms with van der Waals surface area (Å²) in [7, 11) is 2.09. The van der Waals surface area contributed by atoms with E-state index >= 15 is 0 Å². The SMILES string of the molecule is Cc1nc(-n2nc(C)c(Cc3ccc(Cl)cc3)c2C)sc1C(=O)N1CCN(C)CC1.Cl. The molecule has 1 aliphatic heterocycles. The second-order valence-corrected chi connectivity index (χ2v) is 9.28. The molecule has 0 atom stereocenters. The van der Waals surface area contributed by atoms with Gasteiger partial charge in [-0.3, -0.25) is 4.79 Å². The van der Waals surface area contributed by atoms with Crippen molar-refractivity contribution in [1.29, 1.82) is 0 Å². The highest BCUT2D eigenvalue weighted by molar-refractivity contribution is 7.16. The summed E-state index contributed by atoms with van der Waals surface area (Å²) in [6, 6.07) is 7.90. The molecule has 3 heterocycles. The lowest BCUT2D eigenvalue weighted by atomic mass is 10.0. The number of piperazine rings is 1. The second kappa shape index (κ2) is 9.69. The highest BCUT2D eigenvalue weighted by Gasteiger charge is 2.25. The minimum Gasteiger partial charge on any atom is -0.335 e. The fraction of sp³-hybridized carbons (Fsp3) is 0.409. The molecular formula is C22H27Cl2N5OS. The maximum atomic E-state index is 13.0. The third-order valence-electron chi connectivity index (χ3n) is 5.69. The zero-order valence-electron chi connectivity index (χ0n) is 18.2. The van der Waals surface area contributed by atoms with Gasteiger partial charge < -0.3 is 9.80 Å². The molecule has 3 aromatic rings. The molecular weight excluding hydrogens is 453 g/mol. The molecule has 0 aliphatic carbocycles. The fourth-order valence-electron chi connectivity index (χ4n) is 3.75. The van der Waals surface area contributed by atoms with Crippen LogP contribution in [0, 0.1) is 20.8 Å². The monoisotopic (exact) mass is 479 g/mol. The molecule has 0 N–H and O–H groups in total.